The van der Waals surface area contributed by atoms with Crippen LogP contribution in [0, 0.1) is 0 Å². The molecule has 3 rings (SSSR count). The largest absolute Gasteiger partial charge is 0.368 e. The summed E-state index contributed by atoms with van der Waals surface area (Å²) in [6.45, 7) is 4.52. The molecule has 2 N–H and O–H groups in total. The van der Waals surface area contributed by atoms with Gasteiger partial charge in [-0.25, -0.2) is 4.98 Å². The minimum Gasteiger partial charge on any atom is -0.368 e. The van der Waals surface area contributed by atoms with Gasteiger partial charge in [0, 0.05) is 31.7 Å². The lowest BCUT2D eigenvalue weighted by Crippen LogP contribution is -2.47. The van der Waals surface area contributed by atoms with Crippen LogP contribution in [0.15, 0.2) is 23.6 Å². The highest BCUT2D eigenvalue weighted by Crippen LogP contribution is 2.25. The van der Waals surface area contributed by atoms with E-state index in [1.807, 2.05) is 22.4 Å². The van der Waals surface area contributed by atoms with E-state index >= 15 is 0 Å². The van der Waals surface area contributed by atoms with Crippen LogP contribution in [-0.2, 0) is 0 Å². The Morgan fingerprint density at radius 3 is 2.80 bits per heavy atom. The second-order valence-corrected chi connectivity index (χ2v) is 7.44. The number of hydrogen-bond acceptors (Lipinski definition) is 6. The van der Waals surface area contributed by atoms with Gasteiger partial charge in [-0.05, 0) is 30.7 Å². The van der Waals surface area contributed by atoms with E-state index < -0.39 is 0 Å². The standard InChI is InChI=1S/C17H22ClN5OS/c1-2-7-23(16(24)13-4-3-10-25-13)12-5-8-22(9-6-12)15-11-14(18)20-17(19)21-15/h3-4,10-12H,2,5-9H2,1H3,(H2,19,20,21). The molecule has 2 aromatic rings. The van der Waals surface area contributed by atoms with E-state index in [-0.39, 0.29) is 17.9 Å². The van der Waals surface area contributed by atoms with E-state index in [0.717, 1.165) is 49.6 Å². The number of hydrogen-bond donors (Lipinski definition) is 1. The van der Waals surface area contributed by atoms with Crippen LogP contribution in [0.25, 0.3) is 0 Å². The van der Waals surface area contributed by atoms with Crippen LogP contribution in [0.1, 0.15) is 35.9 Å². The molecule has 1 fully saturated rings. The first-order valence-corrected chi connectivity index (χ1v) is 9.73. The summed E-state index contributed by atoms with van der Waals surface area (Å²) in [6.07, 6.45) is 2.76. The molecule has 0 aliphatic carbocycles. The molecule has 1 aliphatic heterocycles. The summed E-state index contributed by atoms with van der Waals surface area (Å²) in [5, 5.41) is 2.30. The molecule has 1 amide bonds. The average molecular weight is 380 g/mol. The van der Waals surface area contributed by atoms with Crippen molar-refractivity contribution in [3.63, 3.8) is 0 Å². The Morgan fingerprint density at radius 2 is 2.20 bits per heavy atom. The molecular weight excluding hydrogens is 358 g/mol. The van der Waals surface area contributed by atoms with E-state index in [0.29, 0.717) is 5.15 Å². The third kappa shape index (κ3) is 4.22. The normalized spacial score (nSPS) is 15.4. The number of nitrogen functional groups attached to an aromatic ring is 1. The molecule has 6 nitrogen and oxygen atoms in total. The fraction of sp³-hybridized carbons (Fsp3) is 0.471. The molecule has 0 saturated carbocycles. The van der Waals surface area contributed by atoms with Gasteiger partial charge in [-0.15, -0.1) is 11.3 Å². The topological polar surface area (TPSA) is 75.4 Å². The van der Waals surface area contributed by atoms with Crippen LogP contribution in [0.2, 0.25) is 5.15 Å². The zero-order valence-electron chi connectivity index (χ0n) is 14.2. The van der Waals surface area contributed by atoms with Gasteiger partial charge in [0.2, 0.25) is 5.95 Å². The van der Waals surface area contributed by atoms with Gasteiger partial charge in [0.25, 0.3) is 5.91 Å². The third-order valence-electron chi connectivity index (χ3n) is 4.39. The van der Waals surface area contributed by atoms with Crippen LogP contribution in [0.3, 0.4) is 0 Å². The summed E-state index contributed by atoms with van der Waals surface area (Å²) in [4.78, 5) is 26.0. The van der Waals surface area contributed by atoms with Crippen molar-refractivity contribution in [3.05, 3.63) is 33.6 Å². The number of thiophene rings is 1. The Morgan fingerprint density at radius 1 is 1.44 bits per heavy atom. The van der Waals surface area contributed by atoms with E-state index in [1.165, 1.54) is 11.3 Å². The van der Waals surface area contributed by atoms with Crippen LogP contribution in [-0.4, -0.2) is 46.5 Å². The van der Waals surface area contributed by atoms with Crippen molar-refractivity contribution < 1.29 is 4.79 Å². The first-order valence-electron chi connectivity index (χ1n) is 8.48. The number of piperidine rings is 1. The summed E-state index contributed by atoms with van der Waals surface area (Å²) in [6, 6.07) is 5.81. The number of carbonyl (C=O) groups excluding carboxylic acids is 1. The van der Waals surface area contributed by atoms with Crippen molar-refractivity contribution >= 4 is 40.6 Å². The Hall–Kier alpha value is -1.86. The molecule has 25 heavy (non-hydrogen) atoms. The highest BCUT2D eigenvalue weighted by Gasteiger charge is 2.29. The van der Waals surface area contributed by atoms with Gasteiger partial charge >= 0.3 is 0 Å². The number of aromatic nitrogens is 2. The van der Waals surface area contributed by atoms with E-state index in [1.54, 1.807) is 6.07 Å². The van der Waals surface area contributed by atoms with Crippen molar-refractivity contribution in [2.24, 2.45) is 0 Å². The lowest BCUT2D eigenvalue weighted by atomic mass is 10.0. The second kappa shape index (κ2) is 8.01. The van der Waals surface area contributed by atoms with Gasteiger partial charge in [-0.2, -0.15) is 4.98 Å². The summed E-state index contributed by atoms with van der Waals surface area (Å²) >= 11 is 7.48. The number of carbonyl (C=O) groups is 1. The molecule has 2 aromatic heterocycles. The molecule has 134 valence electrons. The van der Waals surface area contributed by atoms with E-state index in [4.69, 9.17) is 17.3 Å². The Labute approximate surface area is 156 Å². The molecular formula is C17H22ClN5OS. The number of amides is 1. The lowest BCUT2D eigenvalue weighted by Gasteiger charge is -2.39. The average Bonchev–Trinajstić information content (AvgIpc) is 3.13. The van der Waals surface area contributed by atoms with Gasteiger partial charge in [0.05, 0.1) is 4.88 Å². The highest BCUT2D eigenvalue weighted by molar-refractivity contribution is 7.12. The maximum atomic E-state index is 12.8. The SMILES string of the molecule is CCCN(C(=O)c1cccs1)C1CCN(c2cc(Cl)nc(N)n2)CC1. The number of halogens is 1. The van der Waals surface area contributed by atoms with Crippen molar-refractivity contribution in [1.29, 1.82) is 0 Å². The van der Waals surface area contributed by atoms with Crippen molar-refractivity contribution in [2.75, 3.05) is 30.3 Å². The molecule has 8 heteroatoms. The van der Waals surface area contributed by atoms with E-state index in [9.17, 15) is 4.79 Å². The Bertz CT molecular complexity index is 696. The Kier molecular flexibility index (Phi) is 5.75. The van der Waals surface area contributed by atoms with Crippen LogP contribution < -0.4 is 10.6 Å². The fourth-order valence-electron chi connectivity index (χ4n) is 3.22. The first-order chi connectivity index (χ1) is 12.1. The minimum atomic E-state index is 0.143. The summed E-state index contributed by atoms with van der Waals surface area (Å²) < 4.78 is 0. The zero-order chi connectivity index (χ0) is 17.8. The summed E-state index contributed by atoms with van der Waals surface area (Å²) in [5.74, 6) is 1.08. The molecule has 3 heterocycles. The molecule has 0 aromatic carbocycles. The van der Waals surface area contributed by atoms with Crippen LogP contribution >= 0.6 is 22.9 Å². The van der Waals surface area contributed by atoms with Gasteiger partial charge in [-0.3, -0.25) is 4.79 Å². The van der Waals surface area contributed by atoms with Gasteiger partial charge in [0.15, 0.2) is 0 Å². The van der Waals surface area contributed by atoms with Gasteiger partial charge in [0.1, 0.15) is 11.0 Å². The Balaban J connectivity index is 1.68. The summed E-state index contributed by atoms with van der Waals surface area (Å²) in [5.41, 5.74) is 5.69. The zero-order valence-corrected chi connectivity index (χ0v) is 15.8. The lowest BCUT2D eigenvalue weighted by molar-refractivity contribution is 0.0655. The molecule has 0 unspecified atom stereocenters. The molecule has 1 saturated heterocycles. The first kappa shape index (κ1) is 17.9. The van der Waals surface area contributed by atoms with Crippen molar-refractivity contribution in [2.45, 2.75) is 32.2 Å². The highest BCUT2D eigenvalue weighted by atomic mass is 35.5. The number of nitrogens with two attached hydrogens (primary N) is 1. The van der Waals surface area contributed by atoms with Crippen molar-refractivity contribution in [3.8, 4) is 0 Å². The number of nitrogens with zero attached hydrogens (tertiary/aromatic N) is 4. The van der Waals surface area contributed by atoms with Gasteiger partial charge in [-0.1, -0.05) is 24.6 Å². The van der Waals surface area contributed by atoms with Crippen molar-refractivity contribution in [1.82, 2.24) is 14.9 Å². The van der Waals surface area contributed by atoms with E-state index in [2.05, 4.69) is 21.8 Å². The number of rotatable bonds is 5. The molecule has 0 bridgehead atoms. The monoisotopic (exact) mass is 379 g/mol. The second-order valence-electron chi connectivity index (χ2n) is 6.10. The predicted molar refractivity (Wildman–Crippen MR) is 102 cm³/mol. The van der Waals surface area contributed by atoms with Crippen LogP contribution in [0.5, 0.6) is 0 Å². The molecule has 0 spiro atoms. The maximum absolute atomic E-state index is 12.8. The van der Waals surface area contributed by atoms with Gasteiger partial charge < -0.3 is 15.5 Å². The summed E-state index contributed by atoms with van der Waals surface area (Å²) in [7, 11) is 0. The maximum Gasteiger partial charge on any atom is 0.264 e. The predicted octanol–water partition coefficient (Wildman–Crippen LogP) is 3.29. The smallest absolute Gasteiger partial charge is 0.264 e. The van der Waals surface area contributed by atoms with Crippen LogP contribution in [0.4, 0.5) is 11.8 Å². The molecule has 1 aliphatic rings. The number of anilines is 2. The quantitative estimate of drug-likeness (QED) is 0.806. The molecule has 0 radical (unpaired) electrons. The third-order valence-corrected chi connectivity index (χ3v) is 5.44. The fourth-order valence-corrected chi connectivity index (χ4v) is 4.09. The minimum absolute atomic E-state index is 0.143. The molecule has 0 atom stereocenters.